The first-order valence-electron chi connectivity index (χ1n) is 5.15. The van der Waals surface area contributed by atoms with Gasteiger partial charge in [-0.3, -0.25) is 4.79 Å². The summed E-state index contributed by atoms with van der Waals surface area (Å²) in [7, 11) is 3.20. The van der Waals surface area contributed by atoms with Gasteiger partial charge in [-0.25, -0.2) is 0 Å². The normalized spacial score (nSPS) is 9.88. The molecule has 0 aromatic heterocycles. The lowest BCUT2D eigenvalue weighted by molar-refractivity contribution is -0.120. The molecule has 1 aromatic rings. The highest BCUT2D eigenvalue weighted by Crippen LogP contribution is 2.17. The lowest BCUT2D eigenvalue weighted by atomic mass is 10.1. The zero-order valence-electron chi connectivity index (χ0n) is 9.66. The SMILES string of the molecule is COCCNC(=O)Cc1ccccc1OC. The van der Waals surface area contributed by atoms with Gasteiger partial charge in [-0.05, 0) is 6.07 Å². The second kappa shape index (κ2) is 6.85. The number of hydrogen-bond acceptors (Lipinski definition) is 3. The maximum absolute atomic E-state index is 11.5. The fourth-order valence-corrected chi connectivity index (χ4v) is 1.38. The molecule has 0 unspecified atom stereocenters. The van der Waals surface area contributed by atoms with E-state index in [1.807, 2.05) is 24.3 Å². The first kappa shape index (κ1) is 12.5. The van der Waals surface area contributed by atoms with Gasteiger partial charge in [0, 0.05) is 19.2 Å². The minimum atomic E-state index is -0.0263. The Bertz CT molecular complexity index is 339. The van der Waals surface area contributed by atoms with Crippen molar-refractivity contribution in [2.75, 3.05) is 27.4 Å². The monoisotopic (exact) mass is 223 g/mol. The average molecular weight is 223 g/mol. The van der Waals surface area contributed by atoms with E-state index >= 15 is 0 Å². The van der Waals surface area contributed by atoms with Crippen LogP contribution in [-0.4, -0.2) is 33.3 Å². The molecule has 0 atom stereocenters. The van der Waals surface area contributed by atoms with Crippen molar-refractivity contribution in [1.29, 1.82) is 0 Å². The molecule has 16 heavy (non-hydrogen) atoms. The summed E-state index contributed by atoms with van der Waals surface area (Å²) in [5.41, 5.74) is 0.889. The molecule has 0 aliphatic carbocycles. The van der Waals surface area contributed by atoms with Crippen LogP contribution in [0.25, 0.3) is 0 Å². The van der Waals surface area contributed by atoms with Crippen molar-refractivity contribution in [3.63, 3.8) is 0 Å². The van der Waals surface area contributed by atoms with Crippen molar-refractivity contribution < 1.29 is 14.3 Å². The van der Waals surface area contributed by atoms with E-state index in [-0.39, 0.29) is 5.91 Å². The maximum atomic E-state index is 11.5. The molecule has 1 aromatic carbocycles. The molecule has 0 saturated heterocycles. The number of carbonyl (C=O) groups is 1. The molecule has 1 amide bonds. The van der Waals surface area contributed by atoms with Gasteiger partial charge in [-0.2, -0.15) is 0 Å². The molecular formula is C12H17NO3. The van der Waals surface area contributed by atoms with Crippen molar-refractivity contribution in [2.45, 2.75) is 6.42 Å². The summed E-state index contributed by atoms with van der Waals surface area (Å²) in [6, 6.07) is 7.50. The summed E-state index contributed by atoms with van der Waals surface area (Å²) in [4.78, 5) is 11.5. The molecule has 88 valence electrons. The number of carbonyl (C=O) groups excluding carboxylic acids is 1. The third-order valence-corrected chi connectivity index (χ3v) is 2.17. The summed E-state index contributed by atoms with van der Waals surface area (Å²) >= 11 is 0. The van der Waals surface area contributed by atoms with Gasteiger partial charge < -0.3 is 14.8 Å². The number of para-hydroxylation sites is 1. The maximum Gasteiger partial charge on any atom is 0.224 e. The predicted octanol–water partition coefficient (Wildman–Crippen LogP) is 1.00. The summed E-state index contributed by atoms with van der Waals surface area (Å²) in [6.45, 7) is 1.06. The molecule has 0 aliphatic heterocycles. The van der Waals surface area contributed by atoms with Gasteiger partial charge in [0.25, 0.3) is 0 Å². The van der Waals surface area contributed by atoms with Gasteiger partial charge in [0.2, 0.25) is 5.91 Å². The average Bonchev–Trinajstić information content (AvgIpc) is 2.30. The highest BCUT2D eigenvalue weighted by Gasteiger charge is 2.06. The van der Waals surface area contributed by atoms with Crippen LogP contribution in [0.4, 0.5) is 0 Å². The van der Waals surface area contributed by atoms with Crippen LogP contribution >= 0.6 is 0 Å². The van der Waals surface area contributed by atoms with Crippen LogP contribution in [0.1, 0.15) is 5.56 Å². The van der Waals surface area contributed by atoms with Gasteiger partial charge in [0.1, 0.15) is 5.75 Å². The molecule has 1 N–H and O–H groups in total. The Kier molecular flexibility index (Phi) is 5.36. The van der Waals surface area contributed by atoms with Crippen LogP contribution in [0.2, 0.25) is 0 Å². The molecular weight excluding hydrogens is 206 g/mol. The fourth-order valence-electron chi connectivity index (χ4n) is 1.38. The smallest absolute Gasteiger partial charge is 0.224 e. The number of rotatable bonds is 6. The van der Waals surface area contributed by atoms with Crippen molar-refractivity contribution in [3.05, 3.63) is 29.8 Å². The van der Waals surface area contributed by atoms with Crippen LogP contribution in [0.5, 0.6) is 5.75 Å². The molecule has 4 nitrogen and oxygen atoms in total. The summed E-state index contributed by atoms with van der Waals surface area (Å²) in [5, 5.41) is 2.76. The highest BCUT2D eigenvalue weighted by atomic mass is 16.5. The highest BCUT2D eigenvalue weighted by molar-refractivity contribution is 5.79. The predicted molar refractivity (Wildman–Crippen MR) is 61.6 cm³/mol. The van der Waals surface area contributed by atoms with E-state index in [1.54, 1.807) is 14.2 Å². The van der Waals surface area contributed by atoms with E-state index in [0.29, 0.717) is 19.6 Å². The van der Waals surface area contributed by atoms with E-state index < -0.39 is 0 Å². The number of nitrogens with one attached hydrogen (secondary N) is 1. The summed E-state index contributed by atoms with van der Waals surface area (Å²) in [6.07, 6.45) is 0.327. The van der Waals surface area contributed by atoms with E-state index in [9.17, 15) is 4.79 Å². The molecule has 0 saturated carbocycles. The third kappa shape index (κ3) is 3.90. The van der Waals surface area contributed by atoms with Gasteiger partial charge in [-0.15, -0.1) is 0 Å². The lowest BCUT2D eigenvalue weighted by Crippen LogP contribution is -2.28. The Balaban J connectivity index is 2.49. The van der Waals surface area contributed by atoms with Crippen LogP contribution in [0, 0.1) is 0 Å². The second-order valence-electron chi connectivity index (χ2n) is 3.33. The van der Waals surface area contributed by atoms with Crippen LogP contribution < -0.4 is 10.1 Å². The number of benzene rings is 1. The van der Waals surface area contributed by atoms with Crippen molar-refractivity contribution >= 4 is 5.91 Å². The van der Waals surface area contributed by atoms with Crippen molar-refractivity contribution in [2.24, 2.45) is 0 Å². The largest absolute Gasteiger partial charge is 0.496 e. The molecule has 0 spiro atoms. The molecule has 0 heterocycles. The minimum absolute atomic E-state index is 0.0263. The topological polar surface area (TPSA) is 47.6 Å². The van der Waals surface area contributed by atoms with Gasteiger partial charge in [0.15, 0.2) is 0 Å². The van der Waals surface area contributed by atoms with Gasteiger partial charge in [0.05, 0.1) is 20.1 Å². The van der Waals surface area contributed by atoms with Crippen LogP contribution in [-0.2, 0) is 16.0 Å². The van der Waals surface area contributed by atoms with Gasteiger partial charge >= 0.3 is 0 Å². The van der Waals surface area contributed by atoms with E-state index in [0.717, 1.165) is 11.3 Å². The molecule has 0 fully saturated rings. The Hall–Kier alpha value is -1.55. The third-order valence-electron chi connectivity index (χ3n) is 2.17. The molecule has 4 heteroatoms. The van der Waals surface area contributed by atoms with Crippen molar-refractivity contribution in [1.82, 2.24) is 5.32 Å². The first-order chi connectivity index (χ1) is 7.77. The number of hydrogen-bond donors (Lipinski definition) is 1. The van der Waals surface area contributed by atoms with Crippen LogP contribution in [0.3, 0.4) is 0 Å². The molecule has 0 radical (unpaired) electrons. The Morgan fingerprint density at radius 2 is 2.06 bits per heavy atom. The Labute approximate surface area is 95.6 Å². The molecule has 0 bridgehead atoms. The fraction of sp³-hybridized carbons (Fsp3) is 0.417. The molecule has 1 rings (SSSR count). The van der Waals surface area contributed by atoms with Crippen molar-refractivity contribution in [3.8, 4) is 5.75 Å². The number of ether oxygens (including phenoxy) is 2. The summed E-state index contributed by atoms with van der Waals surface area (Å²) < 4.78 is 10.0. The Morgan fingerprint density at radius 1 is 1.31 bits per heavy atom. The van der Waals surface area contributed by atoms with Gasteiger partial charge in [-0.1, -0.05) is 18.2 Å². The zero-order chi connectivity index (χ0) is 11.8. The summed E-state index contributed by atoms with van der Waals surface area (Å²) in [5.74, 6) is 0.714. The molecule has 0 aliphatic rings. The number of amides is 1. The van der Waals surface area contributed by atoms with Crippen LogP contribution in [0.15, 0.2) is 24.3 Å². The van der Waals surface area contributed by atoms with E-state index in [4.69, 9.17) is 9.47 Å². The Morgan fingerprint density at radius 3 is 2.75 bits per heavy atom. The zero-order valence-corrected chi connectivity index (χ0v) is 9.66. The number of methoxy groups -OCH3 is 2. The van der Waals surface area contributed by atoms with E-state index in [2.05, 4.69) is 5.32 Å². The second-order valence-corrected chi connectivity index (χ2v) is 3.33. The van der Waals surface area contributed by atoms with E-state index in [1.165, 1.54) is 0 Å². The quantitative estimate of drug-likeness (QED) is 0.732. The first-order valence-corrected chi connectivity index (χ1v) is 5.15. The minimum Gasteiger partial charge on any atom is -0.496 e. The lowest BCUT2D eigenvalue weighted by Gasteiger charge is -2.08. The standard InChI is InChI=1S/C12H17NO3/c1-15-8-7-13-12(14)9-10-5-3-4-6-11(10)16-2/h3-6H,7-9H2,1-2H3,(H,13,14).